The third-order valence-corrected chi connectivity index (χ3v) is 4.13. The van der Waals surface area contributed by atoms with Crippen molar-refractivity contribution >= 4 is 5.91 Å². The Balaban J connectivity index is 1.56. The number of nitrogens with zero attached hydrogens (tertiary/aromatic N) is 5. The summed E-state index contributed by atoms with van der Waals surface area (Å²) in [6.45, 7) is 2.14. The first-order valence-corrected chi connectivity index (χ1v) is 7.67. The lowest BCUT2D eigenvalue weighted by Crippen LogP contribution is -2.27. The van der Waals surface area contributed by atoms with Gasteiger partial charge in [-0.15, -0.1) is 10.2 Å². The highest BCUT2D eigenvalue weighted by Gasteiger charge is 2.19. The van der Waals surface area contributed by atoms with E-state index >= 15 is 0 Å². The summed E-state index contributed by atoms with van der Waals surface area (Å²) in [5.41, 5.74) is 1.20. The monoisotopic (exact) mass is 304 g/mol. The minimum atomic E-state index is -0.128. The minimum absolute atomic E-state index is 0.128. The zero-order valence-corrected chi connectivity index (χ0v) is 12.7. The maximum atomic E-state index is 12.0. The third-order valence-electron chi connectivity index (χ3n) is 4.13. The highest BCUT2D eigenvalue weighted by molar-refractivity contribution is 5.78. The van der Waals surface area contributed by atoms with Crippen LogP contribution in [0.1, 0.15) is 55.4 Å². The number of aryl methyl sites for hydroxylation is 1. The van der Waals surface area contributed by atoms with Gasteiger partial charge in [-0.1, -0.05) is 29.6 Å². The van der Waals surface area contributed by atoms with Gasteiger partial charge in [-0.05, 0) is 19.8 Å². The van der Waals surface area contributed by atoms with E-state index in [9.17, 15) is 4.79 Å². The van der Waals surface area contributed by atoms with E-state index in [0.717, 1.165) is 18.7 Å². The SMILES string of the molecule is Cc1nonc1CC(=O)NCc1nncn1C1CCCCC1. The van der Waals surface area contributed by atoms with E-state index in [1.54, 1.807) is 13.3 Å². The summed E-state index contributed by atoms with van der Waals surface area (Å²) in [6.07, 6.45) is 8.03. The number of aromatic nitrogens is 5. The molecule has 1 fully saturated rings. The van der Waals surface area contributed by atoms with Crippen molar-refractivity contribution in [2.24, 2.45) is 0 Å². The molecule has 2 heterocycles. The van der Waals surface area contributed by atoms with E-state index in [1.165, 1.54) is 19.3 Å². The predicted octanol–water partition coefficient (Wildman–Crippen LogP) is 1.33. The minimum Gasteiger partial charge on any atom is -0.348 e. The van der Waals surface area contributed by atoms with E-state index in [-0.39, 0.29) is 12.3 Å². The van der Waals surface area contributed by atoms with Crippen molar-refractivity contribution in [1.29, 1.82) is 0 Å². The van der Waals surface area contributed by atoms with Gasteiger partial charge in [-0.25, -0.2) is 4.63 Å². The molecule has 0 bridgehead atoms. The Morgan fingerprint density at radius 2 is 2.18 bits per heavy atom. The number of nitrogens with one attached hydrogen (secondary N) is 1. The van der Waals surface area contributed by atoms with Crippen molar-refractivity contribution in [3.8, 4) is 0 Å². The molecule has 0 aliphatic heterocycles. The summed E-state index contributed by atoms with van der Waals surface area (Å²) in [6, 6.07) is 0.456. The molecule has 8 heteroatoms. The van der Waals surface area contributed by atoms with Gasteiger partial charge in [0.1, 0.15) is 17.7 Å². The topological polar surface area (TPSA) is 98.7 Å². The molecule has 0 radical (unpaired) electrons. The maximum Gasteiger partial charge on any atom is 0.226 e. The van der Waals surface area contributed by atoms with Gasteiger partial charge < -0.3 is 9.88 Å². The lowest BCUT2D eigenvalue weighted by molar-refractivity contribution is -0.120. The molecule has 8 nitrogen and oxygen atoms in total. The van der Waals surface area contributed by atoms with Crippen LogP contribution in [0.2, 0.25) is 0 Å². The second-order valence-electron chi connectivity index (χ2n) is 5.70. The van der Waals surface area contributed by atoms with Gasteiger partial charge in [0.05, 0.1) is 13.0 Å². The van der Waals surface area contributed by atoms with Crippen LogP contribution >= 0.6 is 0 Å². The number of carbonyl (C=O) groups is 1. The molecule has 1 aliphatic rings. The summed E-state index contributed by atoms with van der Waals surface area (Å²) >= 11 is 0. The van der Waals surface area contributed by atoms with Crippen LogP contribution in [-0.2, 0) is 17.8 Å². The van der Waals surface area contributed by atoms with Crippen molar-refractivity contribution in [1.82, 2.24) is 30.4 Å². The number of amides is 1. The first-order chi connectivity index (χ1) is 10.7. The van der Waals surface area contributed by atoms with Crippen LogP contribution < -0.4 is 5.32 Å². The molecule has 1 aliphatic carbocycles. The van der Waals surface area contributed by atoms with Crippen molar-refractivity contribution in [2.45, 2.75) is 58.0 Å². The van der Waals surface area contributed by atoms with Gasteiger partial charge in [0.15, 0.2) is 5.82 Å². The highest BCUT2D eigenvalue weighted by atomic mass is 16.6. The van der Waals surface area contributed by atoms with Crippen molar-refractivity contribution in [3.05, 3.63) is 23.5 Å². The molecule has 0 atom stereocenters. The number of hydrogen-bond donors (Lipinski definition) is 1. The fourth-order valence-electron chi connectivity index (χ4n) is 2.86. The summed E-state index contributed by atoms with van der Waals surface area (Å²) in [4.78, 5) is 12.0. The van der Waals surface area contributed by atoms with Gasteiger partial charge in [-0.3, -0.25) is 4.79 Å². The Bertz CT molecular complexity index is 629. The third kappa shape index (κ3) is 3.32. The van der Waals surface area contributed by atoms with Gasteiger partial charge in [0, 0.05) is 6.04 Å². The van der Waals surface area contributed by atoms with E-state index in [0.29, 0.717) is 24.0 Å². The Labute approximate surface area is 128 Å². The molecular formula is C14H20N6O2. The van der Waals surface area contributed by atoms with Crippen LogP contribution in [0.4, 0.5) is 0 Å². The molecule has 1 saturated carbocycles. The van der Waals surface area contributed by atoms with Gasteiger partial charge in [0.2, 0.25) is 5.91 Å². The van der Waals surface area contributed by atoms with Crippen molar-refractivity contribution in [2.75, 3.05) is 0 Å². The molecule has 1 N–H and O–H groups in total. The van der Waals surface area contributed by atoms with Crippen LogP contribution in [0.25, 0.3) is 0 Å². The van der Waals surface area contributed by atoms with Crippen LogP contribution in [0, 0.1) is 6.92 Å². The highest BCUT2D eigenvalue weighted by Crippen LogP contribution is 2.28. The molecule has 118 valence electrons. The fraction of sp³-hybridized carbons (Fsp3) is 0.643. The summed E-state index contributed by atoms with van der Waals surface area (Å²) in [5.74, 6) is 0.673. The van der Waals surface area contributed by atoms with Crippen LogP contribution in [-0.4, -0.2) is 31.0 Å². The summed E-state index contributed by atoms with van der Waals surface area (Å²) < 4.78 is 6.69. The van der Waals surface area contributed by atoms with Crippen LogP contribution in [0.15, 0.2) is 11.0 Å². The standard InChI is InChI=1S/C14H20N6O2/c1-10-12(19-22-18-10)7-14(21)15-8-13-17-16-9-20(13)11-5-3-2-4-6-11/h9,11H,2-8H2,1H3,(H,15,21). The Hall–Kier alpha value is -2.25. The molecule has 1 amide bonds. The summed E-state index contributed by atoms with van der Waals surface area (Å²) in [5, 5.41) is 18.4. The quantitative estimate of drug-likeness (QED) is 0.894. The van der Waals surface area contributed by atoms with Crippen LogP contribution in [0.5, 0.6) is 0 Å². The zero-order valence-electron chi connectivity index (χ0n) is 12.7. The molecule has 0 aromatic carbocycles. The lowest BCUT2D eigenvalue weighted by atomic mass is 9.95. The van der Waals surface area contributed by atoms with E-state index in [4.69, 9.17) is 0 Å². The predicted molar refractivity (Wildman–Crippen MR) is 76.7 cm³/mol. The molecule has 2 aromatic rings. The van der Waals surface area contributed by atoms with E-state index < -0.39 is 0 Å². The molecule has 22 heavy (non-hydrogen) atoms. The second kappa shape index (κ2) is 6.67. The first kappa shape index (κ1) is 14.7. The average molecular weight is 304 g/mol. The van der Waals surface area contributed by atoms with Crippen molar-refractivity contribution < 1.29 is 9.42 Å². The van der Waals surface area contributed by atoms with Gasteiger partial charge in [-0.2, -0.15) is 0 Å². The zero-order chi connectivity index (χ0) is 15.4. The number of hydrogen-bond acceptors (Lipinski definition) is 6. The molecular weight excluding hydrogens is 284 g/mol. The lowest BCUT2D eigenvalue weighted by Gasteiger charge is -2.24. The van der Waals surface area contributed by atoms with Gasteiger partial charge in [0.25, 0.3) is 0 Å². The normalized spacial score (nSPS) is 15.9. The number of carbonyl (C=O) groups excluding carboxylic acids is 1. The molecule has 0 unspecified atom stereocenters. The fourth-order valence-corrected chi connectivity index (χ4v) is 2.86. The summed E-state index contributed by atoms with van der Waals surface area (Å²) in [7, 11) is 0. The second-order valence-corrected chi connectivity index (χ2v) is 5.70. The Kier molecular flexibility index (Phi) is 4.45. The largest absolute Gasteiger partial charge is 0.348 e. The number of rotatable bonds is 5. The Morgan fingerprint density at radius 1 is 1.36 bits per heavy atom. The maximum absolute atomic E-state index is 12.0. The van der Waals surface area contributed by atoms with Gasteiger partial charge >= 0.3 is 0 Å². The van der Waals surface area contributed by atoms with Crippen LogP contribution in [0.3, 0.4) is 0 Å². The average Bonchev–Trinajstić information content (AvgIpc) is 3.16. The molecule has 3 rings (SSSR count). The first-order valence-electron chi connectivity index (χ1n) is 7.67. The molecule has 0 saturated heterocycles. The van der Waals surface area contributed by atoms with Crippen molar-refractivity contribution in [3.63, 3.8) is 0 Å². The Morgan fingerprint density at radius 3 is 2.91 bits per heavy atom. The molecule has 2 aromatic heterocycles. The molecule has 0 spiro atoms. The smallest absolute Gasteiger partial charge is 0.226 e. The van der Waals surface area contributed by atoms with E-state index in [1.807, 2.05) is 0 Å². The van der Waals surface area contributed by atoms with E-state index in [2.05, 4.69) is 35.0 Å².